The molecule has 1 atom stereocenters. The van der Waals surface area contributed by atoms with E-state index in [2.05, 4.69) is 5.32 Å². The van der Waals surface area contributed by atoms with E-state index in [1.165, 1.54) is 36.2 Å². The van der Waals surface area contributed by atoms with Crippen LogP contribution in [0.4, 0.5) is 5.69 Å². The Bertz CT molecular complexity index is 1360. The second-order valence-electron chi connectivity index (χ2n) is 8.69. The van der Waals surface area contributed by atoms with E-state index in [1.807, 2.05) is 38.1 Å². The quantitative estimate of drug-likeness (QED) is 0.377. The summed E-state index contributed by atoms with van der Waals surface area (Å²) in [5.74, 6) is -0.325. The zero-order valence-corrected chi connectivity index (χ0v) is 23.4. The van der Waals surface area contributed by atoms with E-state index in [1.54, 1.807) is 31.2 Å². The highest BCUT2D eigenvalue weighted by Crippen LogP contribution is 2.27. The van der Waals surface area contributed by atoms with Crippen molar-refractivity contribution in [1.82, 2.24) is 10.2 Å². The van der Waals surface area contributed by atoms with Crippen molar-refractivity contribution in [3.8, 4) is 5.75 Å². The topological polar surface area (TPSA) is 96.0 Å². The Hall–Kier alpha value is -3.56. The van der Waals surface area contributed by atoms with Gasteiger partial charge >= 0.3 is 0 Å². The lowest BCUT2D eigenvalue weighted by atomic mass is 10.1. The molecule has 8 nitrogen and oxygen atoms in total. The summed E-state index contributed by atoms with van der Waals surface area (Å²) in [6.45, 7) is 5.46. The Morgan fingerprint density at radius 2 is 1.68 bits per heavy atom. The molecule has 10 heteroatoms. The Kier molecular flexibility index (Phi) is 9.77. The van der Waals surface area contributed by atoms with Gasteiger partial charge in [0.1, 0.15) is 18.3 Å². The molecule has 38 heavy (non-hydrogen) atoms. The van der Waals surface area contributed by atoms with Crippen molar-refractivity contribution in [2.75, 3.05) is 24.5 Å². The number of anilines is 1. The molecule has 0 spiro atoms. The number of benzene rings is 3. The summed E-state index contributed by atoms with van der Waals surface area (Å²) in [5, 5.41) is 2.96. The van der Waals surface area contributed by atoms with Gasteiger partial charge in [-0.3, -0.25) is 13.9 Å². The third-order valence-electron chi connectivity index (χ3n) is 5.97. The van der Waals surface area contributed by atoms with Gasteiger partial charge in [0, 0.05) is 18.6 Å². The highest BCUT2D eigenvalue weighted by atomic mass is 35.5. The summed E-state index contributed by atoms with van der Waals surface area (Å²) in [6.07, 6.45) is 0. The molecule has 0 aliphatic rings. The summed E-state index contributed by atoms with van der Waals surface area (Å²) in [5.41, 5.74) is 2.10. The number of rotatable bonds is 11. The van der Waals surface area contributed by atoms with Gasteiger partial charge in [0.05, 0.1) is 17.2 Å². The molecule has 0 saturated heterocycles. The van der Waals surface area contributed by atoms with E-state index in [-0.39, 0.29) is 23.0 Å². The molecule has 0 bridgehead atoms. The molecule has 3 aromatic rings. The van der Waals surface area contributed by atoms with Crippen molar-refractivity contribution < 1.29 is 22.7 Å². The molecule has 202 valence electrons. The first-order chi connectivity index (χ1) is 18.1. The third-order valence-corrected chi connectivity index (χ3v) is 8.01. The highest BCUT2D eigenvalue weighted by molar-refractivity contribution is 7.92. The van der Waals surface area contributed by atoms with Crippen LogP contribution in [-0.4, -0.2) is 51.4 Å². The van der Waals surface area contributed by atoms with Gasteiger partial charge in [0.25, 0.3) is 10.0 Å². The fraction of sp³-hybridized carbons (Fsp3) is 0.286. The second kappa shape index (κ2) is 12.8. The summed E-state index contributed by atoms with van der Waals surface area (Å²) in [4.78, 5) is 27.7. The molecule has 0 saturated carbocycles. The van der Waals surface area contributed by atoms with Crippen molar-refractivity contribution in [2.24, 2.45) is 0 Å². The van der Waals surface area contributed by atoms with Crippen molar-refractivity contribution in [3.63, 3.8) is 0 Å². The van der Waals surface area contributed by atoms with E-state index in [9.17, 15) is 18.0 Å². The van der Waals surface area contributed by atoms with Gasteiger partial charge in [-0.05, 0) is 74.9 Å². The average molecular weight is 558 g/mol. The van der Waals surface area contributed by atoms with Gasteiger partial charge in [-0.2, -0.15) is 0 Å². The van der Waals surface area contributed by atoms with Crippen molar-refractivity contribution in [2.45, 2.75) is 38.3 Å². The fourth-order valence-electron chi connectivity index (χ4n) is 3.94. The predicted octanol–water partition coefficient (Wildman–Crippen LogP) is 4.41. The number of halogens is 1. The molecular weight excluding hydrogens is 526 g/mol. The SMILES string of the molecule is CCOc1ccc(N(CC(=O)N(Cc2cccc(C)c2)[C@@H](C)C(=O)NC)S(=O)(=O)c2ccc(Cl)cc2)cc1. The van der Waals surface area contributed by atoms with Crippen LogP contribution in [0.3, 0.4) is 0 Å². The van der Waals surface area contributed by atoms with Gasteiger partial charge in [0.2, 0.25) is 11.8 Å². The smallest absolute Gasteiger partial charge is 0.264 e. The predicted molar refractivity (Wildman–Crippen MR) is 149 cm³/mol. The molecule has 0 aliphatic heterocycles. The zero-order valence-electron chi connectivity index (χ0n) is 21.8. The van der Waals surface area contributed by atoms with Crippen LogP contribution in [0.5, 0.6) is 5.75 Å². The molecule has 3 rings (SSSR count). The van der Waals surface area contributed by atoms with Gasteiger partial charge in [-0.1, -0.05) is 41.4 Å². The molecule has 0 fully saturated rings. The molecule has 1 N–H and O–H groups in total. The number of likely N-dealkylation sites (N-methyl/N-ethyl adjacent to an activating group) is 1. The van der Waals surface area contributed by atoms with Gasteiger partial charge in [-0.15, -0.1) is 0 Å². The van der Waals surface area contributed by atoms with Gasteiger partial charge < -0.3 is 15.0 Å². The highest BCUT2D eigenvalue weighted by Gasteiger charge is 2.32. The van der Waals surface area contributed by atoms with E-state index < -0.39 is 28.5 Å². The van der Waals surface area contributed by atoms with Crippen LogP contribution in [0.15, 0.2) is 77.7 Å². The van der Waals surface area contributed by atoms with Crippen LogP contribution in [-0.2, 0) is 26.2 Å². The first kappa shape index (κ1) is 29.0. The molecule has 0 radical (unpaired) electrons. The summed E-state index contributed by atoms with van der Waals surface area (Å²) < 4.78 is 34.1. The van der Waals surface area contributed by atoms with Crippen molar-refractivity contribution in [3.05, 3.63) is 88.9 Å². The Labute approximate surface area is 229 Å². The number of carbonyl (C=O) groups excluding carboxylic acids is 2. The zero-order chi connectivity index (χ0) is 27.9. The maximum atomic E-state index is 13.8. The maximum Gasteiger partial charge on any atom is 0.264 e. The Balaban J connectivity index is 2.03. The van der Waals surface area contributed by atoms with Crippen LogP contribution in [0, 0.1) is 6.92 Å². The lowest BCUT2D eigenvalue weighted by Gasteiger charge is -2.32. The van der Waals surface area contributed by atoms with Gasteiger partial charge in [-0.25, -0.2) is 8.42 Å². The molecule has 0 heterocycles. The molecule has 2 amide bonds. The first-order valence-electron chi connectivity index (χ1n) is 12.1. The van der Waals surface area contributed by atoms with E-state index in [0.717, 1.165) is 15.4 Å². The minimum atomic E-state index is -4.17. The van der Waals surface area contributed by atoms with E-state index >= 15 is 0 Å². The summed E-state index contributed by atoms with van der Waals surface area (Å²) >= 11 is 5.98. The minimum absolute atomic E-state index is 0.0202. The number of amides is 2. The lowest BCUT2D eigenvalue weighted by Crippen LogP contribution is -2.50. The first-order valence-corrected chi connectivity index (χ1v) is 14.0. The number of sulfonamides is 1. The molecule has 0 aliphatic carbocycles. The van der Waals surface area contributed by atoms with Crippen LogP contribution in [0.2, 0.25) is 5.02 Å². The monoisotopic (exact) mass is 557 g/mol. The van der Waals surface area contributed by atoms with Gasteiger partial charge in [0.15, 0.2) is 0 Å². The molecule has 0 aromatic heterocycles. The Morgan fingerprint density at radius 1 is 1.03 bits per heavy atom. The number of nitrogens with zero attached hydrogens (tertiary/aromatic N) is 2. The number of hydrogen-bond acceptors (Lipinski definition) is 5. The summed E-state index contributed by atoms with van der Waals surface area (Å²) in [6, 6.07) is 18.9. The number of nitrogens with one attached hydrogen (secondary N) is 1. The number of aryl methyl sites for hydroxylation is 1. The van der Waals surface area contributed by atoms with Crippen LogP contribution < -0.4 is 14.4 Å². The van der Waals surface area contributed by atoms with E-state index in [4.69, 9.17) is 16.3 Å². The Morgan fingerprint density at radius 3 is 2.26 bits per heavy atom. The maximum absolute atomic E-state index is 13.8. The van der Waals surface area contributed by atoms with Crippen molar-refractivity contribution >= 4 is 39.1 Å². The van der Waals surface area contributed by atoms with E-state index in [0.29, 0.717) is 17.4 Å². The standard InChI is InChI=1S/C28H32ClN3O5S/c1-5-37-25-13-11-24(12-14-25)32(38(35,36)26-15-9-23(29)10-16-26)19-27(33)31(21(3)28(34)30-4)18-22-8-6-7-20(2)17-22/h6-17,21H,5,18-19H2,1-4H3,(H,30,34)/t21-/m0/s1. The van der Waals surface area contributed by atoms with Crippen LogP contribution >= 0.6 is 11.6 Å². The molecule has 0 unspecified atom stereocenters. The second-order valence-corrected chi connectivity index (χ2v) is 11.0. The normalized spacial score (nSPS) is 11.9. The van der Waals surface area contributed by atoms with Crippen LogP contribution in [0.25, 0.3) is 0 Å². The number of carbonyl (C=O) groups is 2. The largest absolute Gasteiger partial charge is 0.494 e. The fourth-order valence-corrected chi connectivity index (χ4v) is 5.48. The summed E-state index contributed by atoms with van der Waals surface area (Å²) in [7, 11) is -2.68. The molecule has 3 aromatic carbocycles. The third kappa shape index (κ3) is 7.05. The number of hydrogen-bond donors (Lipinski definition) is 1. The number of ether oxygens (including phenoxy) is 1. The average Bonchev–Trinajstić information content (AvgIpc) is 2.90. The lowest BCUT2D eigenvalue weighted by molar-refractivity contribution is -0.139. The molecular formula is C28H32ClN3O5S. The van der Waals surface area contributed by atoms with Crippen LogP contribution in [0.1, 0.15) is 25.0 Å². The van der Waals surface area contributed by atoms with Crippen molar-refractivity contribution in [1.29, 1.82) is 0 Å². The minimum Gasteiger partial charge on any atom is -0.494 e.